The van der Waals surface area contributed by atoms with E-state index in [-0.39, 0.29) is 11.9 Å². The third-order valence-corrected chi connectivity index (χ3v) is 5.46. The summed E-state index contributed by atoms with van der Waals surface area (Å²) in [5, 5.41) is 3.06. The van der Waals surface area contributed by atoms with E-state index in [1.54, 1.807) is 0 Å². The Labute approximate surface area is 150 Å². The molecule has 5 nitrogen and oxygen atoms in total. The van der Waals surface area contributed by atoms with Crippen LogP contribution >= 0.6 is 0 Å². The number of urea groups is 1. The normalized spacial score (nSPS) is 21.4. The lowest BCUT2D eigenvalue weighted by Gasteiger charge is -2.27. The molecule has 3 amide bonds. The van der Waals surface area contributed by atoms with Crippen molar-refractivity contribution in [3.63, 3.8) is 0 Å². The first-order valence-electron chi connectivity index (χ1n) is 9.43. The highest BCUT2D eigenvalue weighted by Gasteiger charge is 2.30. The molecule has 1 aromatic carbocycles. The van der Waals surface area contributed by atoms with Crippen LogP contribution in [0.25, 0.3) is 0 Å². The zero-order chi connectivity index (χ0) is 17.8. The van der Waals surface area contributed by atoms with Crippen LogP contribution in [0.4, 0.5) is 4.79 Å². The van der Waals surface area contributed by atoms with Crippen molar-refractivity contribution in [1.82, 2.24) is 15.1 Å². The fourth-order valence-electron chi connectivity index (χ4n) is 3.98. The molecule has 1 N–H and O–H groups in total. The fourth-order valence-corrected chi connectivity index (χ4v) is 3.98. The first kappa shape index (κ1) is 17.8. The van der Waals surface area contributed by atoms with Crippen LogP contribution < -0.4 is 5.32 Å². The standard InChI is InChI=1S/C20H29N3O2/c1-15-7-8-17(16(2)13-15)14-21-20(25)22-10-3-5-18(9-12-22)23-11-4-6-19(23)24/h7-8,13,18H,3-6,9-12,14H2,1-2H3,(H,21,25). The fraction of sp³-hybridized carbons (Fsp3) is 0.600. The number of hydrogen-bond donors (Lipinski definition) is 1. The number of rotatable bonds is 3. The minimum absolute atomic E-state index is 0.00775. The average Bonchev–Trinajstić information content (AvgIpc) is 2.86. The van der Waals surface area contributed by atoms with Gasteiger partial charge in [0, 0.05) is 38.6 Å². The van der Waals surface area contributed by atoms with Gasteiger partial charge in [-0.05, 0) is 50.7 Å². The maximum Gasteiger partial charge on any atom is 0.317 e. The van der Waals surface area contributed by atoms with Gasteiger partial charge in [0.15, 0.2) is 0 Å². The number of hydrogen-bond acceptors (Lipinski definition) is 2. The minimum atomic E-state index is 0.00775. The summed E-state index contributed by atoms with van der Waals surface area (Å²) in [6, 6.07) is 6.63. The second kappa shape index (κ2) is 7.89. The summed E-state index contributed by atoms with van der Waals surface area (Å²) >= 11 is 0. The van der Waals surface area contributed by atoms with Crippen molar-refractivity contribution >= 4 is 11.9 Å². The Morgan fingerprint density at radius 2 is 2.00 bits per heavy atom. The number of carbonyl (C=O) groups is 2. The summed E-state index contributed by atoms with van der Waals surface area (Å²) < 4.78 is 0. The molecule has 2 aliphatic heterocycles. The van der Waals surface area contributed by atoms with Gasteiger partial charge >= 0.3 is 6.03 Å². The quantitative estimate of drug-likeness (QED) is 0.917. The number of aryl methyl sites for hydroxylation is 2. The molecule has 3 rings (SSSR count). The molecule has 0 saturated carbocycles. The second-order valence-electron chi connectivity index (χ2n) is 7.35. The predicted molar refractivity (Wildman–Crippen MR) is 98.3 cm³/mol. The molecule has 2 saturated heterocycles. The number of benzene rings is 1. The molecule has 0 radical (unpaired) electrons. The van der Waals surface area contributed by atoms with Crippen molar-refractivity contribution in [2.45, 2.75) is 58.5 Å². The molecular weight excluding hydrogens is 314 g/mol. The van der Waals surface area contributed by atoms with Gasteiger partial charge in [0.1, 0.15) is 0 Å². The molecule has 2 fully saturated rings. The summed E-state index contributed by atoms with van der Waals surface area (Å²) in [6.07, 6.45) is 4.53. The molecule has 0 spiro atoms. The molecular formula is C20H29N3O2. The average molecular weight is 343 g/mol. The number of carbonyl (C=O) groups excluding carboxylic acids is 2. The summed E-state index contributed by atoms with van der Waals surface area (Å²) in [5.74, 6) is 0.290. The van der Waals surface area contributed by atoms with Crippen LogP contribution in [0.2, 0.25) is 0 Å². The lowest BCUT2D eigenvalue weighted by Crippen LogP contribution is -2.41. The van der Waals surface area contributed by atoms with Gasteiger partial charge in [-0.2, -0.15) is 0 Å². The largest absolute Gasteiger partial charge is 0.340 e. The Bertz CT molecular complexity index is 644. The number of likely N-dealkylation sites (tertiary alicyclic amines) is 2. The van der Waals surface area contributed by atoms with Gasteiger partial charge in [-0.15, -0.1) is 0 Å². The molecule has 5 heteroatoms. The van der Waals surface area contributed by atoms with E-state index < -0.39 is 0 Å². The van der Waals surface area contributed by atoms with Gasteiger partial charge in [0.05, 0.1) is 0 Å². The van der Waals surface area contributed by atoms with Crippen LogP contribution in [0.15, 0.2) is 18.2 Å². The zero-order valence-corrected chi connectivity index (χ0v) is 15.4. The highest BCUT2D eigenvalue weighted by atomic mass is 16.2. The van der Waals surface area contributed by atoms with Crippen molar-refractivity contribution in [3.05, 3.63) is 34.9 Å². The molecule has 0 aliphatic carbocycles. The van der Waals surface area contributed by atoms with Crippen LogP contribution in [0.5, 0.6) is 0 Å². The molecule has 0 aromatic heterocycles. The highest BCUT2D eigenvalue weighted by molar-refractivity contribution is 5.78. The van der Waals surface area contributed by atoms with E-state index in [9.17, 15) is 9.59 Å². The first-order valence-corrected chi connectivity index (χ1v) is 9.43. The summed E-state index contributed by atoms with van der Waals surface area (Å²) in [6.45, 7) is 7.12. The Morgan fingerprint density at radius 1 is 1.16 bits per heavy atom. The van der Waals surface area contributed by atoms with Crippen molar-refractivity contribution in [3.8, 4) is 0 Å². The van der Waals surface area contributed by atoms with Gasteiger partial charge in [0.25, 0.3) is 0 Å². The van der Waals surface area contributed by atoms with Crippen molar-refractivity contribution in [1.29, 1.82) is 0 Å². The number of amides is 3. The van der Waals surface area contributed by atoms with E-state index in [0.29, 0.717) is 19.0 Å². The van der Waals surface area contributed by atoms with Gasteiger partial charge in [-0.3, -0.25) is 4.79 Å². The number of nitrogens with zero attached hydrogens (tertiary/aromatic N) is 2. The molecule has 2 heterocycles. The van der Waals surface area contributed by atoms with Crippen molar-refractivity contribution in [2.24, 2.45) is 0 Å². The third-order valence-electron chi connectivity index (χ3n) is 5.46. The Kier molecular flexibility index (Phi) is 5.61. The lowest BCUT2D eigenvalue weighted by molar-refractivity contribution is -0.129. The van der Waals surface area contributed by atoms with E-state index >= 15 is 0 Å². The monoisotopic (exact) mass is 343 g/mol. The van der Waals surface area contributed by atoms with E-state index in [1.807, 2.05) is 9.80 Å². The first-order chi connectivity index (χ1) is 12.0. The maximum atomic E-state index is 12.5. The van der Waals surface area contributed by atoms with E-state index in [1.165, 1.54) is 11.1 Å². The molecule has 1 aromatic rings. The smallest absolute Gasteiger partial charge is 0.317 e. The van der Waals surface area contributed by atoms with E-state index in [4.69, 9.17) is 0 Å². The van der Waals surface area contributed by atoms with Crippen molar-refractivity contribution < 1.29 is 9.59 Å². The van der Waals surface area contributed by atoms with Gasteiger partial charge < -0.3 is 15.1 Å². The summed E-state index contributed by atoms with van der Waals surface area (Å²) in [7, 11) is 0. The van der Waals surface area contributed by atoms with Crippen LogP contribution in [0.3, 0.4) is 0 Å². The number of nitrogens with one attached hydrogen (secondary N) is 1. The summed E-state index contributed by atoms with van der Waals surface area (Å²) in [4.78, 5) is 28.4. The Balaban J connectivity index is 1.51. The topological polar surface area (TPSA) is 52.7 Å². The molecule has 25 heavy (non-hydrogen) atoms. The SMILES string of the molecule is Cc1ccc(CNC(=O)N2CCCC(N3CCCC3=O)CC2)c(C)c1. The molecule has 0 bridgehead atoms. The molecule has 1 atom stereocenters. The molecule has 136 valence electrons. The molecule has 1 unspecified atom stereocenters. The second-order valence-corrected chi connectivity index (χ2v) is 7.35. The maximum absolute atomic E-state index is 12.5. The molecule has 2 aliphatic rings. The van der Waals surface area contributed by atoms with Crippen LogP contribution in [-0.2, 0) is 11.3 Å². The minimum Gasteiger partial charge on any atom is -0.340 e. The van der Waals surface area contributed by atoms with Gasteiger partial charge in [0.2, 0.25) is 5.91 Å². The van der Waals surface area contributed by atoms with E-state index in [2.05, 4.69) is 37.4 Å². The van der Waals surface area contributed by atoms with Crippen LogP contribution in [0.1, 0.15) is 48.8 Å². The lowest BCUT2D eigenvalue weighted by atomic mass is 10.1. The third kappa shape index (κ3) is 4.33. The highest BCUT2D eigenvalue weighted by Crippen LogP contribution is 2.22. The van der Waals surface area contributed by atoms with Crippen LogP contribution in [0, 0.1) is 13.8 Å². The predicted octanol–water partition coefficient (Wildman–Crippen LogP) is 2.99. The zero-order valence-electron chi connectivity index (χ0n) is 15.4. The van der Waals surface area contributed by atoms with Gasteiger partial charge in [-0.25, -0.2) is 4.79 Å². The van der Waals surface area contributed by atoms with E-state index in [0.717, 1.165) is 50.9 Å². The van der Waals surface area contributed by atoms with Gasteiger partial charge in [-0.1, -0.05) is 23.8 Å². The van der Waals surface area contributed by atoms with Crippen LogP contribution in [-0.4, -0.2) is 47.4 Å². The summed E-state index contributed by atoms with van der Waals surface area (Å²) in [5.41, 5.74) is 3.61. The van der Waals surface area contributed by atoms with Crippen molar-refractivity contribution in [2.75, 3.05) is 19.6 Å². The Hall–Kier alpha value is -2.04. The Morgan fingerprint density at radius 3 is 2.72 bits per heavy atom.